The Hall–Kier alpha value is -5.00. The van der Waals surface area contributed by atoms with E-state index < -0.39 is 0 Å². The van der Waals surface area contributed by atoms with Crippen molar-refractivity contribution in [2.75, 3.05) is 80.0 Å². The number of ether oxygens (including phenoxy) is 2. The standard InChI is InChI=1S/C42H54ClN9O6S/c1-29(14-15-38(54)45-28-53)32-11-9-12-33(24-32)48-39(55)27-58-23-22-57-21-7-5-4-6-16-51-17-19-52(20-18-51)37-25-36(46-31(3)47-37)49-42-44-26-35(59-42)41(56)50-40-30(2)10-8-13-34(40)43/h8-13,24-26,28-29H,4-7,14-23,27H2,1-3H3,(H,48,55)(H,50,56)(H,45,53,54)(H,44,46,47,49). The van der Waals surface area contributed by atoms with Crippen molar-refractivity contribution in [1.29, 1.82) is 0 Å². The lowest BCUT2D eigenvalue weighted by atomic mass is 9.95. The summed E-state index contributed by atoms with van der Waals surface area (Å²) in [5.41, 5.74) is 3.13. The number of halogens is 1. The van der Waals surface area contributed by atoms with Gasteiger partial charge in [0, 0.05) is 51.0 Å². The highest BCUT2D eigenvalue weighted by Gasteiger charge is 2.20. The van der Waals surface area contributed by atoms with Crippen LogP contribution in [0.1, 0.15) is 78.0 Å². The van der Waals surface area contributed by atoms with Gasteiger partial charge in [-0.25, -0.2) is 15.0 Å². The molecule has 1 aliphatic rings. The third-order valence-electron chi connectivity index (χ3n) is 9.83. The first-order chi connectivity index (χ1) is 28.6. The number of anilines is 5. The normalized spacial score (nSPS) is 13.5. The molecule has 0 spiro atoms. The fraction of sp³-hybridized carbons (Fsp3) is 0.452. The molecule has 0 radical (unpaired) electrons. The van der Waals surface area contributed by atoms with Crippen LogP contribution in [0.25, 0.3) is 0 Å². The SMILES string of the molecule is Cc1nc(Nc2ncc(C(=O)Nc3c(C)cccc3Cl)s2)cc(N2CCN(CCCCCCOCCOCC(=O)Nc3cccc(C(C)CCC(=O)NC=O)c3)CC2)n1. The predicted molar refractivity (Wildman–Crippen MR) is 232 cm³/mol. The number of imide groups is 1. The first kappa shape index (κ1) is 45.1. The lowest BCUT2D eigenvalue weighted by Crippen LogP contribution is -2.47. The molecule has 1 atom stereocenters. The molecule has 17 heteroatoms. The second-order valence-electron chi connectivity index (χ2n) is 14.4. The summed E-state index contributed by atoms with van der Waals surface area (Å²) in [6, 6.07) is 14.9. The van der Waals surface area contributed by atoms with Gasteiger partial charge in [0.2, 0.25) is 18.2 Å². The number of nitrogens with one attached hydrogen (secondary N) is 4. The number of hydrogen-bond acceptors (Lipinski definition) is 13. The van der Waals surface area contributed by atoms with Crippen LogP contribution in [0.4, 0.5) is 28.1 Å². The fourth-order valence-corrected chi connectivity index (χ4v) is 7.53. The van der Waals surface area contributed by atoms with Crippen molar-refractivity contribution in [3.05, 3.63) is 81.6 Å². The molecule has 4 amide bonds. The van der Waals surface area contributed by atoms with Gasteiger partial charge < -0.3 is 30.3 Å². The number of piperazine rings is 1. The van der Waals surface area contributed by atoms with E-state index in [2.05, 4.69) is 41.0 Å². The molecule has 2 aromatic heterocycles. The zero-order valence-corrected chi connectivity index (χ0v) is 35.5. The second kappa shape index (κ2) is 23.6. The largest absolute Gasteiger partial charge is 0.379 e. The van der Waals surface area contributed by atoms with Crippen molar-refractivity contribution in [2.45, 2.75) is 65.2 Å². The molecular formula is C42H54ClN9O6S. The van der Waals surface area contributed by atoms with Gasteiger partial charge >= 0.3 is 0 Å². The molecule has 4 aromatic rings. The summed E-state index contributed by atoms with van der Waals surface area (Å²) in [5, 5.41) is 12.2. The number of para-hydroxylation sites is 1. The molecule has 0 bridgehead atoms. The third kappa shape index (κ3) is 15.0. The van der Waals surface area contributed by atoms with E-state index in [-0.39, 0.29) is 36.7 Å². The minimum atomic E-state index is -0.308. The van der Waals surface area contributed by atoms with E-state index in [1.807, 2.05) is 63.2 Å². The van der Waals surface area contributed by atoms with Crippen LogP contribution in [-0.4, -0.2) is 103 Å². The van der Waals surface area contributed by atoms with Crippen LogP contribution in [0.3, 0.4) is 0 Å². The van der Waals surface area contributed by atoms with Gasteiger partial charge in [0.05, 0.1) is 30.1 Å². The van der Waals surface area contributed by atoms with E-state index in [1.54, 1.807) is 12.3 Å². The lowest BCUT2D eigenvalue weighted by molar-refractivity contribution is -0.125. The number of nitrogens with zero attached hydrogens (tertiary/aromatic N) is 5. The zero-order valence-electron chi connectivity index (χ0n) is 33.9. The highest BCUT2D eigenvalue weighted by Crippen LogP contribution is 2.29. The maximum absolute atomic E-state index is 12.9. The Kier molecular flexibility index (Phi) is 18.0. The van der Waals surface area contributed by atoms with Gasteiger partial charge in [-0.15, -0.1) is 0 Å². The number of hydrogen-bond donors (Lipinski definition) is 4. The molecule has 4 N–H and O–H groups in total. The fourth-order valence-electron chi connectivity index (χ4n) is 6.54. The van der Waals surface area contributed by atoms with E-state index >= 15 is 0 Å². The summed E-state index contributed by atoms with van der Waals surface area (Å²) in [7, 11) is 0. The molecule has 3 heterocycles. The Morgan fingerprint density at radius 1 is 0.915 bits per heavy atom. The van der Waals surface area contributed by atoms with Crippen LogP contribution in [0.15, 0.2) is 54.7 Å². The first-order valence-electron chi connectivity index (χ1n) is 20.0. The van der Waals surface area contributed by atoms with Crippen LogP contribution in [0.2, 0.25) is 5.02 Å². The number of carbonyl (C=O) groups excluding carboxylic acids is 4. The van der Waals surface area contributed by atoms with Crippen LogP contribution in [0.5, 0.6) is 0 Å². The third-order valence-corrected chi connectivity index (χ3v) is 11.1. The second-order valence-corrected chi connectivity index (χ2v) is 15.8. The first-order valence-corrected chi connectivity index (χ1v) is 21.2. The molecular weight excluding hydrogens is 794 g/mol. The van der Waals surface area contributed by atoms with E-state index in [9.17, 15) is 19.2 Å². The minimum absolute atomic E-state index is 0.0660. The molecule has 1 saturated heterocycles. The van der Waals surface area contributed by atoms with Crippen LogP contribution in [0, 0.1) is 13.8 Å². The molecule has 0 aliphatic carbocycles. The summed E-state index contributed by atoms with van der Waals surface area (Å²) in [5.74, 6) is 1.40. The zero-order chi connectivity index (χ0) is 42.0. The lowest BCUT2D eigenvalue weighted by Gasteiger charge is -2.35. The predicted octanol–water partition coefficient (Wildman–Crippen LogP) is 6.71. The number of benzene rings is 2. The van der Waals surface area contributed by atoms with Crippen molar-refractivity contribution in [1.82, 2.24) is 25.2 Å². The van der Waals surface area contributed by atoms with Crippen molar-refractivity contribution in [2.24, 2.45) is 0 Å². The number of carbonyl (C=O) groups is 4. The number of rotatable bonds is 23. The molecule has 1 fully saturated rings. The molecule has 15 nitrogen and oxygen atoms in total. The van der Waals surface area contributed by atoms with E-state index in [0.29, 0.717) is 70.7 Å². The van der Waals surface area contributed by atoms with Gasteiger partial charge in [0.15, 0.2) is 5.13 Å². The van der Waals surface area contributed by atoms with Gasteiger partial charge in [-0.2, -0.15) is 0 Å². The van der Waals surface area contributed by atoms with E-state index in [1.165, 1.54) is 11.3 Å². The molecule has 2 aromatic carbocycles. The Labute approximate surface area is 354 Å². The maximum Gasteiger partial charge on any atom is 0.267 e. The van der Waals surface area contributed by atoms with Gasteiger partial charge in [-0.1, -0.05) is 67.0 Å². The van der Waals surface area contributed by atoms with Crippen molar-refractivity contribution in [3.63, 3.8) is 0 Å². The monoisotopic (exact) mass is 847 g/mol. The van der Waals surface area contributed by atoms with Crippen LogP contribution < -0.4 is 26.2 Å². The summed E-state index contributed by atoms with van der Waals surface area (Å²) >= 11 is 7.53. The summed E-state index contributed by atoms with van der Waals surface area (Å²) in [6.07, 6.45) is 7.10. The maximum atomic E-state index is 12.9. The number of amides is 4. The molecule has 316 valence electrons. The number of unbranched alkanes of at least 4 members (excludes halogenated alkanes) is 3. The Bertz CT molecular complexity index is 1990. The number of aryl methyl sites for hydroxylation is 2. The quantitative estimate of drug-likeness (QED) is 0.0459. The summed E-state index contributed by atoms with van der Waals surface area (Å²) in [6.45, 7) is 11.8. The Morgan fingerprint density at radius 3 is 2.49 bits per heavy atom. The smallest absolute Gasteiger partial charge is 0.267 e. The molecule has 59 heavy (non-hydrogen) atoms. The highest BCUT2D eigenvalue weighted by molar-refractivity contribution is 7.17. The number of thiazole rings is 1. The minimum Gasteiger partial charge on any atom is -0.379 e. The summed E-state index contributed by atoms with van der Waals surface area (Å²) in [4.78, 5) is 66.1. The van der Waals surface area contributed by atoms with Crippen LogP contribution in [-0.2, 0) is 23.9 Å². The Balaban J connectivity index is 0.896. The highest BCUT2D eigenvalue weighted by atomic mass is 35.5. The molecule has 0 saturated carbocycles. The van der Waals surface area contributed by atoms with Crippen LogP contribution >= 0.6 is 22.9 Å². The van der Waals surface area contributed by atoms with E-state index in [4.69, 9.17) is 26.1 Å². The van der Waals surface area contributed by atoms with Gasteiger partial charge in [0.25, 0.3) is 5.91 Å². The number of aromatic nitrogens is 3. The molecule has 1 unspecified atom stereocenters. The van der Waals surface area contributed by atoms with Gasteiger partial charge in [-0.3, -0.25) is 29.4 Å². The summed E-state index contributed by atoms with van der Waals surface area (Å²) < 4.78 is 11.2. The van der Waals surface area contributed by atoms with Gasteiger partial charge in [0.1, 0.15) is 28.9 Å². The molecule has 5 rings (SSSR count). The van der Waals surface area contributed by atoms with Crippen molar-refractivity contribution < 1.29 is 28.7 Å². The Morgan fingerprint density at radius 2 is 1.69 bits per heavy atom. The van der Waals surface area contributed by atoms with Gasteiger partial charge in [-0.05, 0) is 74.9 Å². The average Bonchev–Trinajstić information content (AvgIpc) is 3.69. The van der Waals surface area contributed by atoms with Crippen molar-refractivity contribution >= 4 is 75.2 Å². The van der Waals surface area contributed by atoms with Crippen molar-refractivity contribution in [3.8, 4) is 0 Å². The topological polar surface area (TPSA) is 180 Å². The van der Waals surface area contributed by atoms with E-state index in [0.717, 1.165) is 75.4 Å². The molecule has 1 aliphatic heterocycles. The average molecular weight is 848 g/mol.